The van der Waals surface area contributed by atoms with Gasteiger partial charge in [0.2, 0.25) is 5.91 Å². The van der Waals surface area contributed by atoms with Crippen molar-refractivity contribution in [3.63, 3.8) is 0 Å². The summed E-state index contributed by atoms with van der Waals surface area (Å²) in [5.74, 6) is 0.881. The highest BCUT2D eigenvalue weighted by Gasteiger charge is 2.42. The van der Waals surface area contributed by atoms with Gasteiger partial charge in [-0.15, -0.1) is 0 Å². The molecule has 26 heavy (non-hydrogen) atoms. The maximum atomic E-state index is 12.6. The van der Waals surface area contributed by atoms with Gasteiger partial charge in [-0.1, -0.05) is 47.6 Å². The van der Waals surface area contributed by atoms with Crippen molar-refractivity contribution in [2.75, 3.05) is 6.54 Å². The Labute approximate surface area is 152 Å². The van der Waals surface area contributed by atoms with E-state index in [2.05, 4.69) is 5.16 Å². The van der Waals surface area contributed by atoms with Crippen LogP contribution in [0.15, 0.2) is 59.8 Å². The molecule has 2 aromatic rings. The Morgan fingerprint density at radius 2 is 1.85 bits per heavy atom. The van der Waals surface area contributed by atoms with E-state index >= 15 is 0 Å². The van der Waals surface area contributed by atoms with Crippen molar-refractivity contribution >= 4 is 11.6 Å². The Hall–Kier alpha value is -2.82. The third kappa shape index (κ3) is 3.17. The molecule has 2 aromatic carbocycles. The number of nitrogens with zero attached hydrogens (tertiary/aromatic N) is 2. The molecule has 0 bridgehead atoms. The lowest BCUT2D eigenvalue weighted by atomic mass is 9.84. The fourth-order valence-corrected chi connectivity index (χ4v) is 3.88. The van der Waals surface area contributed by atoms with E-state index in [9.17, 15) is 10.0 Å². The van der Waals surface area contributed by atoms with E-state index in [1.54, 1.807) is 0 Å². The number of para-hydroxylation sites is 1. The Morgan fingerprint density at radius 1 is 1.08 bits per heavy atom. The average Bonchev–Trinajstić information content (AvgIpc) is 2.82. The molecule has 4 rings (SSSR count). The number of carbonyl (C=O) groups is 1. The minimum atomic E-state index is -0.489. The molecule has 0 aromatic heterocycles. The minimum absolute atomic E-state index is 0.149. The zero-order chi connectivity index (χ0) is 18.0. The summed E-state index contributed by atoms with van der Waals surface area (Å²) in [7, 11) is 0. The fraction of sp³-hybridized carbons (Fsp3) is 0.333. The first-order valence-electron chi connectivity index (χ1n) is 9.00. The number of likely N-dealkylation sites (tertiary alicyclic amines) is 1. The second kappa shape index (κ2) is 6.83. The molecular weight excluding hydrogens is 328 g/mol. The van der Waals surface area contributed by atoms with Crippen molar-refractivity contribution in [3.8, 4) is 5.75 Å². The second-order valence-corrected chi connectivity index (χ2v) is 7.06. The van der Waals surface area contributed by atoms with Crippen LogP contribution in [0.1, 0.15) is 36.8 Å². The molecule has 1 unspecified atom stereocenters. The SMILES string of the molecule is O=C1CCC2(CCN1Cc1ccccc1)C/C(=N\O)c1ccccc1O2. The lowest BCUT2D eigenvalue weighted by Crippen LogP contribution is -2.43. The predicted octanol–water partition coefficient (Wildman–Crippen LogP) is 3.60. The molecule has 1 amide bonds. The van der Waals surface area contributed by atoms with Crippen LogP contribution in [-0.4, -0.2) is 33.9 Å². The number of carbonyl (C=O) groups excluding carboxylic acids is 1. The summed E-state index contributed by atoms with van der Waals surface area (Å²) in [6.07, 6.45) is 2.31. The number of amides is 1. The molecule has 1 saturated heterocycles. The van der Waals surface area contributed by atoms with Crippen LogP contribution in [0.2, 0.25) is 0 Å². The Morgan fingerprint density at radius 3 is 2.65 bits per heavy atom. The van der Waals surface area contributed by atoms with Crippen LogP contribution in [0.3, 0.4) is 0 Å². The monoisotopic (exact) mass is 350 g/mol. The summed E-state index contributed by atoms with van der Waals surface area (Å²) >= 11 is 0. The van der Waals surface area contributed by atoms with Crippen LogP contribution in [0, 0.1) is 0 Å². The molecule has 134 valence electrons. The van der Waals surface area contributed by atoms with Crippen LogP contribution in [-0.2, 0) is 11.3 Å². The third-order valence-electron chi connectivity index (χ3n) is 5.34. The van der Waals surface area contributed by atoms with Crippen LogP contribution >= 0.6 is 0 Å². The molecule has 1 N–H and O–H groups in total. The first kappa shape index (κ1) is 16.6. The van der Waals surface area contributed by atoms with Gasteiger partial charge in [0.05, 0.1) is 5.71 Å². The van der Waals surface area contributed by atoms with Gasteiger partial charge >= 0.3 is 0 Å². The van der Waals surface area contributed by atoms with Crippen molar-refractivity contribution in [1.29, 1.82) is 0 Å². The van der Waals surface area contributed by atoms with Gasteiger partial charge in [0.15, 0.2) is 0 Å². The molecule has 2 heterocycles. The summed E-state index contributed by atoms with van der Waals surface area (Å²) < 4.78 is 6.35. The Balaban J connectivity index is 1.55. The summed E-state index contributed by atoms with van der Waals surface area (Å²) in [6.45, 7) is 1.25. The highest BCUT2D eigenvalue weighted by Crippen LogP contribution is 2.39. The highest BCUT2D eigenvalue weighted by molar-refractivity contribution is 6.04. The molecule has 5 heteroatoms. The lowest BCUT2D eigenvalue weighted by Gasteiger charge is -2.38. The summed E-state index contributed by atoms with van der Waals surface area (Å²) in [4.78, 5) is 14.5. The lowest BCUT2D eigenvalue weighted by molar-refractivity contribution is -0.131. The van der Waals surface area contributed by atoms with Crippen molar-refractivity contribution in [2.45, 2.75) is 37.8 Å². The van der Waals surface area contributed by atoms with Crippen LogP contribution in [0.4, 0.5) is 0 Å². The molecule has 5 nitrogen and oxygen atoms in total. The van der Waals surface area contributed by atoms with E-state index in [0.29, 0.717) is 38.1 Å². The van der Waals surface area contributed by atoms with Crippen molar-refractivity contribution in [1.82, 2.24) is 4.90 Å². The van der Waals surface area contributed by atoms with Gasteiger partial charge in [-0.3, -0.25) is 4.79 Å². The van der Waals surface area contributed by atoms with Gasteiger partial charge in [0.1, 0.15) is 11.4 Å². The first-order chi connectivity index (χ1) is 12.7. The number of oxime groups is 1. The standard InChI is InChI=1S/C21H22N2O3/c24-20-10-11-21(12-13-23(20)15-16-6-2-1-3-7-16)14-18(22-25)17-8-4-5-9-19(17)26-21/h1-9,25H,10-15H2/b22-18+. The molecule has 0 radical (unpaired) electrons. The van der Waals surface area contributed by atoms with Gasteiger partial charge < -0.3 is 14.8 Å². The van der Waals surface area contributed by atoms with Gasteiger partial charge in [-0.2, -0.15) is 0 Å². The quantitative estimate of drug-likeness (QED) is 0.665. The number of ether oxygens (including phenoxy) is 1. The molecule has 1 atom stereocenters. The van der Waals surface area contributed by atoms with Crippen LogP contribution in [0.25, 0.3) is 0 Å². The highest BCUT2D eigenvalue weighted by atomic mass is 16.5. The molecule has 2 aliphatic rings. The van der Waals surface area contributed by atoms with Crippen molar-refractivity contribution in [3.05, 3.63) is 65.7 Å². The summed E-state index contributed by atoms with van der Waals surface area (Å²) in [5.41, 5.74) is 2.11. The molecule has 1 spiro atoms. The van der Waals surface area contributed by atoms with Gasteiger partial charge in [-0.05, 0) is 24.1 Å². The Kier molecular flexibility index (Phi) is 4.37. The zero-order valence-electron chi connectivity index (χ0n) is 14.6. The van der Waals surface area contributed by atoms with Crippen LogP contribution < -0.4 is 4.74 Å². The zero-order valence-corrected chi connectivity index (χ0v) is 14.6. The smallest absolute Gasteiger partial charge is 0.223 e. The van der Waals surface area contributed by atoms with Crippen molar-refractivity contribution < 1.29 is 14.7 Å². The number of benzene rings is 2. The van der Waals surface area contributed by atoms with E-state index in [4.69, 9.17) is 4.74 Å². The average molecular weight is 350 g/mol. The van der Waals surface area contributed by atoms with E-state index in [1.165, 1.54) is 0 Å². The number of fused-ring (bicyclic) bond motifs is 1. The maximum absolute atomic E-state index is 12.6. The fourth-order valence-electron chi connectivity index (χ4n) is 3.88. The molecular formula is C21H22N2O3. The van der Waals surface area contributed by atoms with E-state index in [0.717, 1.165) is 23.3 Å². The second-order valence-electron chi connectivity index (χ2n) is 7.06. The van der Waals surface area contributed by atoms with E-state index < -0.39 is 5.60 Å². The summed E-state index contributed by atoms with van der Waals surface area (Å²) in [5, 5.41) is 13.0. The number of rotatable bonds is 2. The van der Waals surface area contributed by atoms with Gasteiger partial charge in [0.25, 0.3) is 0 Å². The Bertz CT molecular complexity index is 834. The van der Waals surface area contributed by atoms with E-state index in [1.807, 2.05) is 59.5 Å². The normalized spacial score (nSPS) is 24.2. The first-order valence-corrected chi connectivity index (χ1v) is 9.00. The molecule has 2 aliphatic heterocycles. The topological polar surface area (TPSA) is 62.1 Å². The largest absolute Gasteiger partial charge is 0.486 e. The molecule has 0 aliphatic carbocycles. The van der Waals surface area contributed by atoms with Gasteiger partial charge in [0, 0.05) is 37.9 Å². The molecule has 1 fully saturated rings. The van der Waals surface area contributed by atoms with E-state index in [-0.39, 0.29) is 5.91 Å². The number of hydrogen-bond acceptors (Lipinski definition) is 4. The maximum Gasteiger partial charge on any atom is 0.223 e. The third-order valence-corrected chi connectivity index (χ3v) is 5.34. The summed E-state index contributed by atoms with van der Waals surface area (Å²) in [6, 6.07) is 17.7. The van der Waals surface area contributed by atoms with Crippen LogP contribution in [0.5, 0.6) is 5.75 Å². The van der Waals surface area contributed by atoms with Gasteiger partial charge in [-0.25, -0.2) is 0 Å². The molecule has 0 saturated carbocycles. The number of hydrogen-bond donors (Lipinski definition) is 1. The predicted molar refractivity (Wildman–Crippen MR) is 98.5 cm³/mol. The van der Waals surface area contributed by atoms with Crippen molar-refractivity contribution in [2.24, 2.45) is 5.16 Å². The minimum Gasteiger partial charge on any atom is -0.486 e.